The molecular formula is C11H20N4O2S. The summed E-state index contributed by atoms with van der Waals surface area (Å²) in [6, 6.07) is 0. The lowest BCUT2D eigenvalue weighted by molar-refractivity contribution is -0.00812. The van der Waals surface area contributed by atoms with Gasteiger partial charge in [-0.25, -0.2) is 4.98 Å². The lowest BCUT2D eigenvalue weighted by Gasteiger charge is -2.24. The molecule has 1 heterocycles. The lowest BCUT2D eigenvalue weighted by atomic mass is 10.1. The molecule has 1 aromatic heterocycles. The number of aromatic nitrogens is 1. The first-order valence-electron chi connectivity index (χ1n) is 5.76. The maximum Gasteiger partial charge on any atom is 0.265 e. The lowest BCUT2D eigenvalue weighted by Crippen LogP contribution is -2.40. The highest BCUT2D eigenvalue weighted by atomic mass is 32.1. The molecule has 0 aliphatic carbocycles. The maximum absolute atomic E-state index is 11.9. The molecule has 0 radical (unpaired) electrons. The smallest absolute Gasteiger partial charge is 0.265 e. The number of rotatable bonds is 6. The molecule has 0 fully saturated rings. The van der Waals surface area contributed by atoms with Gasteiger partial charge in [-0.05, 0) is 20.8 Å². The molecule has 102 valence electrons. The summed E-state index contributed by atoms with van der Waals surface area (Å²) in [5.41, 5.74) is 5.29. The van der Waals surface area contributed by atoms with Crippen LogP contribution >= 0.6 is 11.3 Å². The van der Waals surface area contributed by atoms with Crippen molar-refractivity contribution in [3.63, 3.8) is 0 Å². The van der Waals surface area contributed by atoms with Gasteiger partial charge in [0.2, 0.25) is 0 Å². The Kier molecular flexibility index (Phi) is 4.92. The number of hydrogen-bond donors (Lipinski definition) is 3. The van der Waals surface area contributed by atoms with Crippen LogP contribution in [0.4, 0.5) is 10.9 Å². The maximum atomic E-state index is 11.9. The topological polar surface area (TPSA) is 89.3 Å². The fourth-order valence-corrected chi connectivity index (χ4v) is 2.17. The van der Waals surface area contributed by atoms with Gasteiger partial charge in [-0.15, -0.1) is 0 Å². The second kappa shape index (κ2) is 6.01. The Morgan fingerprint density at radius 2 is 2.22 bits per heavy atom. The zero-order chi connectivity index (χ0) is 13.8. The normalized spacial score (nSPS) is 11.3. The number of nitrogen functional groups attached to an aromatic ring is 1. The van der Waals surface area contributed by atoms with Crippen LogP contribution in [0, 0.1) is 0 Å². The van der Waals surface area contributed by atoms with Crippen LogP contribution in [0.3, 0.4) is 0 Å². The Morgan fingerprint density at radius 1 is 1.56 bits per heavy atom. The Balaban J connectivity index is 2.62. The Hall–Kier alpha value is -1.34. The van der Waals surface area contributed by atoms with Crippen molar-refractivity contribution in [1.29, 1.82) is 0 Å². The summed E-state index contributed by atoms with van der Waals surface area (Å²) < 4.78 is 5.50. The molecule has 0 unspecified atom stereocenters. The molecule has 1 aromatic rings. The Labute approximate surface area is 111 Å². The third kappa shape index (κ3) is 3.85. The monoisotopic (exact) mass is 272 g/mol. The summed E-state index contributed by atoms with van der Waals surface area (Å²) >= 11 is 1.23. The van der Waals surface area contributed by atoms with Crippen molar-refractivity contribution in [3.8, 4) is 0 Å². The molecule has 0 aliphatic heterocycles. The number of hydrogen-bond acceptors (Lipinski definition) is 6. The van der Waals surface area contributed by atoms with E-state index in [1.54, 1.807) is 7.05 Å². The van der Waals surface area contributed by atoms with Gasteiger partial charge in [0, 0.05) is 20.2 Å². The fourth-order valence-electron chi connectivity index (χ4n) is 1.42. The van der Waals surface area contributed by atoms with Crippen LogP contribution in [-0.2, 0) is 4.74 Å². The van der Waals surface area contributed by atoms with Crippen LogP contribution < -0.4 is 16.4 Å². The summed E-state index contributed by atoms with van der Waals surface area (Å²) in [7, 11) is 1.73. The number of anilines is 2. The number of ether oxygens (including phenoxy) is 1. The van der Waals surface area contributed by atoms with E-state index in [2.05, 4.69) is 15.6 Å². The molecule has 0 bridgehead atoms. The predicted molar refractivity (Wildman–Crippen MR) is 74.1 cm³/mol. The van der Waals surface area contributed by atoms with Gasteiger partial charge in [-0.2, -0.15) is 0 Å². The van der Waals surface area contributed by atoms with E-state index in [0.717, 1.165) is 0 Å². The minimum Gasteiger partial charge on any atom is -0.382 e. The van der Waals surface area contributed by atoms with E-state index in [0.29, 0.717) is 23.2 Å². The van der Waals surface area contributed by atoms with Gasteiger partial charge in [0.05, 0.1) is 5.60 Å². The molecule has 0 saturated carbocycles. The van der Waals surface area contributed by atoms with Crippen molar-refractivity contribution < 1.29 is 9.53 Å². The largest absolute Gasteiger partial charge is 0.382 e. The first-order chi connectivity index (χ1) is 8.39. The summed E-state index contributed by atoms with van der Waals surface area (Å²) in [4.78, 5) is 16.4. The van der Waals surface area contributed by atoms with Crippen LogP contribution in [0.15, 0.2) is 0 Å². The van der Waals surface area contributed by atoms with Gasteiger partial charge in [-0.1, -0.05) is 11.3 Å². The number of nitrogens with zero attached hydrogens (tertiary/aromatic N) is 1. The molecule has 1 rings (SSSR count). The number of amides is 1. The summed E-state index contributed by atoms with van der Waals surface area (Å²) in [5, 5.41) is 6.29. The molecule has 0 aromatic carbocycles. The minimum absolute atomic E-state index is 0.223. The standard InChI is InChI=1S/C11H20N4O2S/c1-5-17-11(2,3)6-14-9(16)7-8(12)15-10(13-4)18-7/h5-6,12H2,1-4H3,(H,13,15)(H,14,16). The summed E-state index contributed by atoms with van der Waals surface area (Å²) in [6.45, 7) is 6.79. The minimum atomic E-state index is -0.393. The van der Waals surface area contributed by atoms with Gasteiger partial charge in [0.1, 0.15) is 10.7 Å². The third-order valence-corrected chi connectivity index (χ3v) is 3.37. The molecule has 18 heavy (non-hydrogen) atoms. The van der Waals surface area contributed by atoms with Crippen LogP contribution in [0.2, 0.25) is 0 Å². The van der Waals surface area contributed by atoms with E-state index in [1.807, 2.05) is 20.8 Å². The zero-order valence-corrected chi connectivity index (χ0v) is 12.0. The van der Waals surface area contributed by atoms with Crippen molar-refractivity contribution in [2.75, 3.05) is 31.2 Å². The van der Waals surface area contributed by atoms with E-state index in [-0.39, 0.29) is 11.7 Å². The second-order valence-electron chi connectivity index (χ2n) is 4.36. The van der Waals surface area contributed by atoms with Crippen molar-refractivity contribution in [1.82, 2.24) is 10.3 Å². The van der Waals surface area contributed by atoms with Gasteiger partial charge in [0.25, 0.3) is 5.91 Å². The van der Waals surface area contributed by atoms with Crippen LogP contribution in [0.25, 0.3) is 0 Å². The SMILES string of the molecule is CCOC(C)(C)CNC(=O)c1sc(NC)nc1N. The van der Waals surface area contributed by atoms with Crippen molar-refractivity contribution in [3.05, 3.63) is 4.88 Å². The Bertz CT molecular complexity index is 417. The third-order valence-electron chi connectivity index (χ3n) is 2.28. The average molecular weight is 272 g/mol. The van der Waals surface area contributed by atoms with Crippen molar-refractivity contribution in [2.45, 2.75) is 26.4 Å². The molecule has 1 amide bonds. The average Bonchev–Trinajstić information content (AvgIpc) is 2.68. The summed E-state index contributed by atoms with van der Waals surface area (Å²) in [5.74, 6) is 0.0235. The van der Waals surface area contributed by atoms with Crippen LogP contribution in [0.5, 0.6) is 0 Å². The molecule has 0 spiro atoms. The fraction of sp³-hybridized carbons (Fsp3) is 0.636. The van der Waals surface area contributed by atoms with Gasteiger partial charge >= 0.3 is 0 Å². The van der Waals surface area contributed by atoms with E-state index < -0.39 is 5.60 Å². The highest BCUT2D eigenvalue weighted by Gasteiger charge is 2.21. The van der Waals surface area contributed by atoms with Crippen molar-refractivity contribution in [2.24, 2.45) is 0 Å². The van der Waals surface area contributed by atoms with Crippen molar-refractivity contribution >= 4 is 28.2 Å². The number of carbonyl (C=O) groups is 1. The molecule has 4 N–H and O–H groups in total. The van der Waals surface area contributed by atoms with E-state index >= 15 is 0 Å². The number of thiazole rings is 1. The first-order valence-corrected chi connectivity index (χ1v) is 6.57. The van der Waals surface area contributed by atoms with Gasteiger partial charge in [0.15, 0.2) is 5.13 Å². The predicted octanol–water partition coefficient (Wildman–Crippen LogP) is 1.31. The molecular weight excluding hydrogens is 252 g/mol. The highest BCUT2D eigenvalue weighted by molar-refractivity contribution is 7.18. The zero-order valence-electron chi connectivity index (χ0n) is 11.2. The van der Waals surface area contributed by atoms with E-state index in [4.69, 9.17) is 10.5 Å². The van der Waals surface area contributed by atoms with E-state index in [1.165, 1.54) is 11.3 Å². The van der Waals surface area contributed by atoms with E-state index in [9.17, 15) is 4.79 Å². The molecule has 0 saturated heterocycles. The summed E-state index contributed by atoms with van der Waals surface area (Å²) in [6.07, 6.45) is 0. The van der Waals surface area contributed by atoms with Gasteiger partial charge < -0.3 is 21.1 Å². The van der Waals surface area contributed by atoms with Crippen LogP contribution in [0.1, 0.15) is 30.4 Å². The number of nitrogens with one attached hydrogen (secondary N) is 2. The quantitative estimate of drug-likeness (QED) is 0.726. The Morgan fingerprint density at radius 3 is 2.72 bits per heavy atom. The van der Waals surface area contributed by atoms with Crippen LogP contribution in [-0.4, -0.2) is 36.7 Å². The molecule has 0 atom stereocenters. The molecule has 6 nitrogen and oxygen atoms in total. The first kappa shape index (κ1) is 14.7. The van der Waals surface area contributed by atoms with Gasteiger partial charge in [-0.3, -0.25) is 4.79 Å². The number of nitrogens with two attached hydrogens (primary N) is 1. The second-order valence-corrected chi connectivity index (χ2v) is 5.36. The highest BCUT2D eigenvalue weighted by Crippen LogP contribution is 2.24. The number of carbonyl (C=O) groups excluding carboxylic acids is 1. The molecule has 0 aliphatic rings. The molecule has 7 heteroatoms.